The number of pyridine rings is 1. The molecule has 1 aromatic heterocycles. The van der Waals surface area contributed by atoms with Crippen molar-refractivity contribution in [3.8, 4) is 5.75 Å². The molecule has 0 unspecified atom stereocenters. The number of nitrogens with one attached hydrogen (secondary N) is 1. The molecule has 3 nitrogen and oxygen atoms in total. The number of hydrogen-bond donors (Lipinski definition) is 1. The van der Waals surface area contributed by atoms with Gasteiger partial charge in [-0.3, -0.25) is 0 Å². The number of methoxy groups -OCH3 is 1. The Labute approximate surface area is 118 Å². The van der Waals surface area contributed by atoms with Gasteiger partial charge in [-0.1, -0.05) is 18.5 Å². The van der Waals surface area contributed by atoms with Crippen LogP contribution in [0.2, 0.25) is 5.02 Å². The van der Waals surface area contributed by atoms with Crippen LogP contribution in [0.15, 0.2) is 12.1 Å². The van der Waals surface area contributed by atoms with Crippen molar-refractivity contribution in [2.45, 2.75) is 27.2 Å². The van der Waals surface area contributed by atoms with Crippen LogP contribution >= 0.6 is 11.6 Å². The number of halogens is 1. The van der Waals surface area contributed by atoms with Gasteiger partial charge in [-0.05, 0) is 37.5 Å². The average Bonchev–Trinajstić information content (AvgIpc) is 2.41. The quantitative estimate of drug-likeness (QED) is 0.903. The minimum absolute atomic E-state index is 0.708. The fourth-order valence-electron chi connectivity index (χ4n) is 2.09. The summed E-state index contributed by atoms with van der Waals surface area (Å²) in [6, 6.07) is 3.94. The van der Waals surface area contributed by atoms with Crippen LogP contribution in [0.4, 0.5) is 5.82 Å². The van der Waals surface area contributed by atoms with Crippen molar-refractivity contribution in [1.82, 2.24) is 4.98 Å². The van der Waals surface area contributed by atoms with Crippen LogP contribution in [0.5, 0.6) is 5.75 Å². The maximum atomic E-state index is 6.22. The average molecular weight is 279 g/mol. The summed E-state index contributed by atoms with van der Waals surface area (Å²) in [6.07, 6.45) is 1.07. The van der Waals surface area contributed by atoms with Gasteiger partial charge in [-0.25, -0.2) is 4.98 Å². The van der Waals surface area contributed by atoms with Crippen molar-refractivity contribution >= 4 is 28.3 Å². The molecular weight excluding hydrogens is 260 g/mol. The molecule has 2 rings (SSSR count). The number of ether oxygens (including phenoxy) is 1. The van der Waals surface area contributed by atoms with Crippen LogP contribution < -0.4 is 10.1 Å². The molecule has 1 heterocycles. The van der Waals surface area contributed by atoms with Gasteiger partial charge < -0.3 is 10.1 Å². The number of hydrogen-bond acceptors (Lipinski definition) is 3. The molecule has 2 aromatic rings. The fourth-order valence-corrected chi connectivity index (χ4v) is 2.29. The molecule has 0 saturated heterocycles. The van der Waals surface area contributed by atoms with E-state index in [-0.39, 0.29) is 0 Å². The Kier molecular flexibility index (Phi) is 4.15. The zero-order valence-corrected chi connectivity index (χ0v) is 12.6. The zero-order chi connectivity index (χ0) is 14.0. The number of rotatable bonds is 4. The van der Waals surface area contributed by atoms with E-state index in [1.165, 1.54) is 0 Å². The summed E-state index contributed by atoms with van der Waals surface area (Å²) in [4.78, 5) is 4.69. The largest absolute Gasteiger partial charge is 0.494 e. The Morgan fingerprint density at radius 3 is 2.68 bits per heavy atom. The molecule has 0 radical (unpaired) electrons. The molecule has 0 aliphatic heterocycles. The van der Waals surface area contributed by atoms with Crippen molar-refractivity contribution < 1.29 is 4.74 Å². The lowest BCUT2D eigenvalue weighted by molar-refractivity contribution is 0.419. The van der Waals surface area contributed by atoms with Gasteiger partial charge >= 0.3 is 0 Å². The van der Waals surface area contributed by atoms with Gasteiger partial charge in [0, 0.05) is 23.0 Å². The maximum Gasteiger partial charge on any atom is 0.146 e. The third-order valence-corrected chi connectivity index (χ3v) is 3.62. The zero-order valence-electron chi connectivity index (χ0n) is 11.8. The lowest BCUT2D eigenvalue weighted by Crippen LogP contribution is -2.04. The minimum Gasteiger partial charge on any atom is -0.494 e. The van der Waals surface area contributed by atoms with E-state index < -0.39 is 0 Å². The molecule has 0 aliphatic rings. The molecule has 102 valence electrons. The molecule has 0 fully saturated rings. The smallest absolute Gasteiger partial charge is 0.146 e. The van der Waals surface area contributed by atoms with Gasteiger partial charge in [0.15, 0.2) is 0 Å². The predicted molar refractivity (Wildman–Crippen MR) is 81.6 cm³/mol. The van der Waals surface area contributed by atoms with Crippen molar-refractivity contribution in [1.29, 1.82) is 0 Å². The van der Waals surface area contributed by atoms with E-state index in [4.69, 9.17) is 21.3 Å². The van der Waals surface area contributed by atoms with E-state index in [2.05, 4.69) is 25.2 Å². The lowest BCUT2D eigenvalue weighted by Gasteiger charge is -2.13. The highest BCUT2D eigenvalue weighted by Crippen LogP contribution is 2.34. The lowest BCUT2D eigenvalue weighted by atomic mass is 10.1. The Hall–Kier alpha value is -1.48. The number of fused-ring (bicyclic) bond motifs is 1. The van der Waals surface area contributed by atoms with Gasteiger partial charge in [0.2, 0.25) is 0 Å². The minimum atomic E-state index is 0.708. The standard InChI is InChI=1S/C15H19ClN2O/c1-5-6-17-15-9(2)7-11-10(3)12(16)8-13(19-4)14(11)18-15/h7-8H,5-6H2,1-4H3,(H,17,18). The monoisotopic (exact) mass is 278 g/mol. The predicted octanol–water partition coefficient (Wildman–Crippen LogP) is 4.34. The second kappa shape index (κ2) is 5.66. The van der Waals surface area contributed by atoms with Crippen LogP contribution in [0.3, 0.4) is 0 Å². The van der Waals surface area contributed by atoms with E-state index >= 15 is 0 Å². The third kappa shape index (κ3) is 2.61. The van der Waals surface area contributed by atoms with Crippen molar-refractivity contribution in [2.24, 2.45) is 0 Å². The van der Waals surface area contributed by atoms with Gasteiger partial charge in [0.25, 0.3) is 0 Å². The summed E-state index contributed by atoms with van der Waals surface area (Å²) in [6.45, 7) is 7.10. The van der Waals surface area contributed by atoms with Crippen LogP contribution in [-0.4, -0.2) is 18.6 Å². The Balaban J connectivity index is 2.66. The van der Waals surface area contributed by atoms with E-state index in [9.17, 15) is 0 Å². The maximum absolute atomic E-state index is 6.22. The molecule has 0 saturated carbocycles. The fraction of sp³-hybridized carbons (Fsp3) is 0.400. The highest BCUT2D eigenvalue weighted by Gasteiger charge is 2.12. The van der Waals surface area contributed by atoms with Gasteiger partial charge in [0.1, 0.15) is 17.1 Å². The van der Waals surface area contributed by atoms with Gasteiger partial charge in [-0.2, -0.15) is 0 Å². The number of aromatic nitrogens is 1. The highest BCUT2D eigenvalue weighted by atomic mass is 35.5. The molecule has 0 spiro atoms. The summed E-state index contributed by atoms with van der Waals surface area (Å²) in [5.74, 6) is 1.62. The Morgan fingerprint density at radius 2 is 2.05 bits per heavy atom. The third-order valence-electron chi connectivity index (χ3n) is 3.23. The number of anilines is 1. The van der Waals surface area contributed by atoms with Crippen LogP contribution in [0.1, 0.15) is 24.5 Å². The van der Waals surface area contributed by atoms with Crippen molar-refractivity contribution in [2.75, 3.05) is 19.0 Å². The summed E-state index contributed by atoms with van der Waals surface area (Å²) >= 11 is 6.22. The molecule has 0 atom stereocenters. The van der Waals surface area contributed by atoms with E-state index in [1.54, 1.807) is 7.11 Å². The summed E-state index contributed by atoms with van der Waals surface area (Å²) in [5, 5.41) is 5.09. The van der Waals surface area contributed by atoms with E-state index in [0.29, 0.717) is 10.8 Å². The first kappa shape index (κ1) is 13.9. The molecule has 0 bridgehead atoms. The van der Waals surface area contributed by atoms with E-state index in [0.717, 1.165) is 40.8 Å². The first-order chi connectivity index (χ1) is 9.08. The summed E-state index contributed by atoms with van der Waals surface area (Å²) in [5.41, 5.74) is 3.01. The second-order valence-electron chi connectivity index (χ2n) is 4.66. The van der Waals surface area contributed by atoms with Crippen LogP contribution in [0.25, 0.3) is 10.9 Å². The van der Waals surface area contributed by atoms with Crippen molar-refractivity contribution in [3.63, 3.8) is 0 Å². The topological polar surface area (TPSA) is 34.2 Å². The van der Waals surface area contributed by atoms with Gasteiger partial charge in [0.05, 0.1) is 7.11 Å². The highest BCUT2D eigenvalue weighted by molar-refractivity contribution is 6.32. The van der Waals surface area contributed by atoms with Crippen LogP contribution in [0, 0.1) is 13.8 Å². The van der Waals surface area contributed by atoms with E-state index in [1.807, 2.05) is 13.0 Å². The molecule has 19 heavy (non-hydrogen) atoms. The number of aryl methyl sites for hydroxylation is 2. The molecule has 4 heteroatoms. The van der Waals surface area contributed by atoms with Crippen molar-refractivity contribution in [3.05, 3.63) is 28.3 Å². The normalized spacial score (nSPS) is 10.8. The molecular formula is C15H19ClN2O. The molecule has 1 aromatic carbocycles. The first-order valence-electron chi connectivity index (χ1n) is 6.46. The molecule has 0 aliphatic carbocycles. The van der Waals surface area contributed by atoms with Crippen LogP contribution in [-0.2, 0) is 0 Å². The molecule has 0 amide bonds. The summed E-state index contributed by atoms with van der Waals surface area (Å²) in [7, 11) is 1.64. The Morgan fingerprint density at radius 1 is 1.32 bits per heavy atom. The first-order valence-corrected chi connectivity index (χ1v) is 6.84. The SMILES string of the molecule is CCCNc1nc2c(OC)cc(Cl)c(C)c2cc1C. The number of benzene rings is 1. The number of nitrogens with zero attached hydrogens (tertiary/aromatic N) is 1. The Bertz CT molecular complexity index is 611. The molecule has 1 N–H and O–H groups in total. The second-order valence-corrected chi connectivity index (χ2v) is 5.07. The summed E-state index contributed by atoms with van der Waals surface area (Å²) < 4.78 is 5.39. The van der Waals surface area contributed by atoms with Gasteiger partial charge in [-0.15, -0.1) is 0 Å².